The van der Waals surface area contributed by atoms with Crippen molar-refractivity contribution < 1.29 is 13.3 Å². The predicted octanol–water partition coefficient (Wildman–Crippen LogP) is 1.14. The molecule has 0 fully saturated rings. The Labute approximate surface area is 120 Å². The van der Waals surface area contributed by atoms with Crippen molar-refractivity contribution >= 4 is 21.4 Å². The van der Waals surface area contributed by atoms with Crippen molar-refractivity contribution in [2.45, 2.75) is 17.9 Å². The van der Waals surface area contributed by atoms with E-state index in [4.69, 9.17) is 5.14 Å². The third-order valence-electron chi connectivity index (χ3n) is 2.82. The number of nitro groups is 1. The van der Waals surface area contributed by atoms with Gasteiger partial charge in [0.1, 0.15) is 4.90 Å². The molecule has 1 heterocycles. The monoisotopic (exact) mass is 311 g/mol. The van der Waals surface area contributed by atoms with Gasteiger partial charge in [-0.25, -0.2) is 13.6 Å². The zero-order valence-electron chi connectivity index (χ0n) is 11.0. The van der Waals surface area contributed by atoms with Gasteiger partial charge in [-0.1, -0.05) is 0 Å². The van der Waals surface area contributed by atoms with E-state index in [9.17, 15) is 18.5 Å². The highest BCUT2D eigenvalue weighted by Gasteiger charge is 2.20. The standard InChI is InChI=1S/C11H13N5O4S/c1-7(9-4-5-13-15-9)14-10-6-8(16(17)18)2-3-11(10)21(12,19)20/h2-7,14H,1H3,(H,13,15)(H2,12,19,20). The Morgan fingerprint density at radius 3 is 2.67 bits per heavy atom. The topological polar surface area (TPSA) is 144 Å². The maximum Gasteiger partial charge on any atom is 0.271 e. The second kappa shape index (κ2) is 5.50. The number of aromatic amines is 1. The molecule has 0 bridgehead atoms. The van der Waals surface area contributed by atoms with Crippen LogP contribution >= 0.6 is 0 Å². The number of nitrogens with one attached hydrogen (secondary N) is 2. The lowest BCUT2D eigenvalue weighted by atomic mass is 10.2. The first-order valence-electron chi connectivity index (χ1n) is 5.86. The Bertz CT molecular complexity index is 757. The van der Waals surface area contributed by atoms with Gasteiger partial charge in [0.15, 0.2) is 0 Å². The number of hydrogen-bond acceptors (Lipinski definition) is 6. The Hall–Kier alpha value is -2.46. The van der Waals surface area contributed by atoms with Crippen LogP contribution in [0.5, 0.6) is 0 Å². The summed E-state index contributed by atoms with van der Waals surface area (Å²) in [6.07, 6.45) is 1.61. The maximum atomic E-state index is 11.5. The maximum absolute atomic E-state index is 11.5. The molecule has 4 N–H and O–H groups in total. The number of nitro benzene ring substituents is 1. The third-order valence-corrected chi connectivity index (χ3v) is 3.79. The first kappa shape index (κ1) is 14.9. The predicted molar refractivity (Wildman–Crippen MR) is 75.1 cm³/mol. The second-order valence-electron chi connectivity index (χ2n) is 4.35. The molecule has 1 aromatic heterocycles. The van der Waals surface area contributed by atoms with Gasteiger partial charge in [0.05, 0.1) is 22.3 Å². The van der Waals surface area contributed by atoms with Gasteiger partial charge in [-0.3, -0.25) is 15.2 Å². The zero-order chi connectivity index (χ0) is 15.6. The van der Waals surface area contributed by atoms with E-state index in [1.807, 2.05) is 0 Å². The average Bonchev–Trinajstić information content (AvgIpc) is 2.91. The van der Waals surface area contributed by atoms with E-state index in [2.05, 4.69) is 15.5 Å². The van der Waals surface area contributed by atoms with E-state index in [0.29, 0.717) is 5.69 Å². The molecule has 0 aliphatic heterocycles. The fourth-order valence-corrected chi connectivity index (χ4v) is 2.49. The van der Waals surface area contributed by atoms with Crippen LogP contribution in [-0.2, 0) is 10.0 Å². The van der Waals surface area contributed by atoms with Gasteiger partial charge >= 0.3 is 0 Å². The highest BCUT2D eigenvalue weighted by molar-refractivity contribution is 7.89. The molecule has 0 amide bonds. The number of sulfonamides is 1. The van der Waals surface area contributed by atoms with Crippen molar-refractivity contribution in [3.05, 3.63) is 46.3 Å². The molecule has 9 nitrogen and oxygen atoms in total. The average molecular weight is 311 g/mol. The van der Waals surface area contributed by atoms with E-state index in [-0.39, 0.29) is 22.3 Å². The minimum atomic E-state index is -4.00. The molecule has 0 aliphatic carbocycles. The molecule has 0 saturated heterocycles. The normalized spacial score (nSPS) is 12.9. The van der Waals surface area contributed by atoms with Gasteiger partial charge in [0.2, 0.25) is 10.0 Å². The Morgan fingerprint density at radius 2 is 2.14 bits per heavy atom. The number of non-ortho nitro benzene ring substituents is 1. The summed E-state index contributed by atoms with van der Waals surface area (Å²) in [4.78, 5) is 9.98. The number of anilines is 1. The SMILES string of the molecule is CC(Nc1cc([N+](=O)[O-])ccc1S(N)(=O)=O)c1cc[nH]n1. The van der Waals surface area contributed by atoms with Crippen molar-refractivity contribution in [3.8, 4) is 0 Å². The fourth-order valence-electron chi connectivity index (χ4n) is 1.81. The molecule has 10 heteroatoms. The van der Waals surface area contributed by atoms with Crippen molar-refractivity contribution in [2.24, 2.45) is 5.14 Å². The highest BCUT2D eigenvalue weighted by Crippen LogP contribution is 2.28. The van der Waals surface area contributed by atoms with Crippen molar-refractivity contribution in [3.63, 3.8) is 0 Å². The largest absolute Gasteiger partial charge is 0.376 e. The number of primary sulfonamides is 1. The van der Waals surface area contributed by atoms with Gasteiger partial charge in [-0.15, -0.1) is 0 Å². The number of aromatic nitrogens is 2. The molecule has 1 aromatic carbocycles. The molecule has 0 saturated carbocycles. The van der Waals surface area contributed by atoms with Crippen molar-refractivity contribution in [2.75, 3.05) is 5.32 Å². The zero-order valence-corrected chi connectivity index (χ0v) is 11.8. The van der Waals surface area contributed by atoms with Crippen molar-refractivity contribution in [1.82, 2.24) is 10.2 Å². The van der Waals surface area contributed by atoms with Gasteiger partial charge in [-0.05, 0) is 19.1 Å². The van der Waals surface area contributed by atoms with Gasteiger partial charge in [0.25, 0.3) is 5.69 Å². The third kappa shape index (κ3) is 3.35. The van der Waals surface area contributed by atoms with E-state index < -0.39 is 14.9 Å². The summed E-state index contributed by atoms with van der Waals surface area (Å²) in [6, 6.07) is 4.66. The van der Waals surface area contributed by atoms with Crippen LogP contribution < -0.4 is 10.5 Å². The van der Waals surface area contributed by atoms with E-state index >= 15 is 0 Å². The molecule has 2 aromatic rings. The summed E-state index contributed by atoms with van der Waals surface area (Å²) in [6.45, 7) is 1.74. The minimum Gasteiger partial charge on any atom is -0.376 e. The number of nitrogens with zero attached hydrogens (tertiary/aromatic N) is 2. The van der Waals surface area contributed by atoms with Gasteiger partial charge in [-0.2, -0.15) is 5.10 Å². The molecule has 0 aliphatic rings. The second-order valence-corrected chi connectivity index (χ2v) is 5.88. The molecule has 0 radical (unpaired) electrons. The van der Waals surface area contributed by atoms with Gasteiger partial charge in [0, 0.05) is 18.3 Å². The van der Waals surface area contributed by atoms with E-state index in [0.717, 1.165) is 18.2 Å². The van der Waals surface area contributed by atoms with Gasteiger partial charge < -0.3 is 5.32 Å². The molecule has 1 unspecified atom stereocenters. The van der Waals surface area contributed by atoms with Crippen LogP contribution in [0.2, 0.25) is 0 Å². The summed E-state index contributed by atoms with van der Waals surface area (Å²) in [5, 5.41) is 25.4. The number of rotatable bonds is 5. The molecule has 0 spiro atoms. The number of nitrogens with two attached hydrogens (primary N) is 1. The van der Waals surface area contributed by atoms with Crippen LogP contribution in [-0.4, -0.2) is 23.5 Å². The molecule has 2 rings (SSSR count). The highest BCUT2D eigenvalue weighted by atomic mass is 32.2. The Kier molecular flexibility index (Phi) is 3.91. The molecular formula is C11H13N5O4S. The quantitative estimate of drug-likeness (QED) is 0.557. The van der Waals surface area contributed by atoms with Crippen molar-refractivity contribution in [1.29, 1.82) is 0 Å². The number of benzene rings is 1. The summed E-state index contributed by atoms with van der Waals surface area (Å²) in [5.74, 6) is 0. The lowest BCUT2D eigenvalue weighted by molar-refractivity contribution is -0.384. The smallest absolute Gasteiger partial charge is 0.271 e. The summed E-state index contributed by atoms with van der Waals surface area (Å²) >= 11 is 0. The summed E-state index contributed by atoms with van der Waals surface area (Å²) < 4.78 is 23.1. The number of H-pyrrole nitrogens is 1. The van der Waals surface area contributed by atoms with Crippen LogP contribution in [0.15, 0.2) is 35.4 Å². The Balaban J connectivity index is 2.44. The first-order chi connectivity index (χ1) is 9.79. The first-order valence-corrected chi connectivity index (χ1v) is 7.41. The summed E-state index contributed by atoms with van der Waals surface area (Å²) in [7, 11) is -4.00. The lowest BCUT2D eigenvalue weighted by Crippen LogP contribution is -2.16. The molecule has 21 heavy (non-hydrogen) atoms. The molecular weight excluding hydrogens is 298 g/mol. The van der Waals surface area contributed by atoms with Crippen LogP contribution in [0.3, 0.4) is 0 Å². The summed E-state index contributed by atoms with van der Waals surface area (Å²) in [5.41, 5.74) is 0.447. The van der Waals surface area contributed by atoms with Crippen LogP contribution in [0.4, 0.5) is 11.4 Å². The van der Waals surface area contributed by atoms with E-state index in [1.165, 1.54) is 0 Å². The van der Waals surface area contributed by atoms with Crippen LogP contribution in [0.1, 0.15) is 18.7 Å². The van der Waals surface area contributed by atoms with Crippen LogP contribution in [0, 0.1) is 10.1 Å². The number of hydrogen-bond donors (Lipinski definition) is 3. The minimum absolute atomic E-state index is 0.0576. The lowest BCUT2D eigenvalue weighted by Gasteiger charge is -2.15. The molecule has 1 atom stereocenters. The van der Waals surface area contributed by atoms with E-state index in [1.54, 1.807) is 19.2 Å². The fraction of sp³-hybridized carbons (Fsp3) is 0.182. The Morgan fingerprint density at radius 1 is 1.43 bits per heavy atom. The molecule has 112 valence electrons. The van der Waals surface area contributed by atoms with Crippen LogP contribution in [0.25, 0.3) is 0 Å².